The summed E-state index contributed by atoms with van der Waals surface area (Å²) in [6, 6.07) is 0. The van der Waals surface area contributed by atoms with Crippen molar-refractivity contribution in [1.29, 1.82) is 0 Å². The SMILES string of the molecule is [B].[Cr].[SiH4].[Ti]. The first kappa shape index (κ1) is 48.5. The van der Waals surface area contributed by atoms with E-state index in [1.807, 2.05) is 0 Å². The molecule has 0 N–H and O–H groups in total. The Labute approximate surface area is 58.3 Å². The maximum atomic E-state index is 0. The Morgan fingerprint density at radius 3 is 1.00 bits per heavy atom. The van der Waals surface area contributed by atoms with E-state index < -0.39 is 0 Å². The molecule has 0 aliphatic rings. The van der Waals surface area contributed by atoms with Crippen LogP contribution in [-0.4, -0.2) is 19.4 Å². The molecule has 0 unspecified atom stereocenters. The predicted molar refractivity (Wildman–Crippen MR) is 17.1 cm³/mol. The quantitative estimate of drug-likeness (QED) is 0.349. The Balaban J connectivity index is 0. The zero-order chi connectivity index (χ0) is 0. The molecule has 0 aromatic carbocycles. The summed E-state index contributed by atoms with van der Waals surface area (Å²) < 4.78 is 0. The average molecular weight is 143 g/mol. The summed E-state index contributed by atoms with van der Waals surface area (Å²) in [5, 5.41) is 0. The van der Waals surface area contributed by atoms with E-state index in [1.165, 1.54) is 0 Å². The van der Waals surface area contributed by atoms with Gasteiger partial charge in [-0.15, -0.1) is 0 Å². The summed E-state index contributed by atoms with van der Waals surface area (Å²) in [6.45, 7) is 0. The largest absolute Gasteiger partial charge is 0.0149 e. The van der Waals surface area contributed by atoms with Crippen molar-refractivity contribution < 1.29 is 39.1 Å². The van der Waals surface area contributed by atoms with Crippen molar-refractivity contribution in [2.24, 2.45) is 0 Å². The van der Waals surface area contributed by atoms with Gasteiger partial charge in [0.05, 0.1) is 0 Å². The maximum Gasteiger partial charge on any atom is 0 e. The van der Waals surface area contributed by atoms with Gasteiger partial charge in [-0.1, -0.05) is 0 Å². The molecule has 4 heteroatoms. The first-order chi connectivity index (χ1) is 0. The topological polar surface area (TPSA) is 0 Å². The molecule has 0 nitrogen and oxygen atoms in total. The van der Waals surface area contributed by atoms with E-state index in [2.05, 4.69) is 0 Å². The molecular weight excluding hydrogens is 139 g/mol. The fourth-order valence-electron chi connectivity index (χ4n) is 0. The van der Waals surface area contributed by atoms with Crippen LogP contribution in [0.25, 0.3) is 0 Å². The Morgan fingerprint density at radius 1 is 1.00 bits per heavy atom. The summed E-state index contributed by atoms with van der Waals surface area (Å²) >= 11 is 0. The van der Waals surface area contributed by atoms with Gasteiger partial charge in [0.1, 0.15) is 0 Å². The molecule has 0 heterocycles. The van der Waals surface area contributed by atoms with Gasteiger partial charge in [0.2, 0.25) is 0 Å². The molecule has 0 fully saturated rings. The molecule has 0 atom stereocenters. The summed E-state index contributed by atoms with van der Waals surface area (Å²) in [7, 11) is 0. The molecule has 0 spiro atoms. The fraction of sp³-hybridized carbons (Fsp3) is 0. The molecule has 0 saturated carbocycles. The first-order valence-electron chi connectivity index (χ1n) is 0. The predicted octanol–water partition coefficient (Wildman–Crippen LogP) is -1.84. The van der Waals surface area contributed by atoms with Crippen LogP contribution in [0.4, 0.5) is 0 Å². The summed E-state index contributed by atoms with van der Waals surface area (Å²) in [4.78, 5) is 0. The van der Waals surface area contributed by atoms with Crippen LogP contribution in [-0.2, 0) is 39.1 Å². The van der Waals surface area contributed by atoms with Crippen molar-refractivity contribution in [3.63, 3.8) is 0 Å². The minimum Gasteiger partial charge on any atom is -0.0149 e. The van der Waals surface area contributed by atoms with Gasteiger partial charge in [0.15, 0.2) is 0 Å². The maximum absolute atomic E-state index is 0. The molecule has 0 rings (SSSR count). The van der Waals surface area contributed by atoms with E-state index in [0.29, 0.717) is 0 Å². The first-order valence-corrected chi connectivity index (χ1v) is 0. The van der Waals surface area contributed by atoms with Crippen LogP contribution in [0.2, 0.25) is 0 Å². The second-order valence-corrected chi connectivity index (χ2v) is 0. The normalized spacial score (nSPS) is 0. The van der Waals surface area contributed by atoms with Gasteiger partial charge in [-0.2, -0.15) is 0 Å². The Bertz CT molecular complexity index is 8.00. The zero-order valence-electron chi connectivity index (χ0n) is 1.49. The molecule has 3 radical (unpaired) electrons. The molecule has 0 bridgehead atoms. The molecule has 0 aromatic heterocycles. The van der Waals surface area contributed by atoms with Crippen LogP contribution in [0.15, 0.2) is 0 Å². The third-order valence-corrected chi connectivity index (χ3v) is 0. The zero-order valence-corrected chi connectivity index (χ0v) is 4.32. The number of hydrogen-bond donors (Lipinski definition) is 0. The van der Waals surface area contributed by atoms with Crippen LogP contribution in [0.5, 0.6) is 0 Å². The van der Waals surface area contributed by atoms with Gasteiger partial charge in [0, 0.05) is 47.5 Å². The number of hydrogen-bond acceptors (Lipinski definition) is 0. The minimum atomic E-state index is 0. The monoisotopic (exact) mass is 143 g/mol. The van der Waals surface area contributed by atoms with Gasteiger partial charge < -0.3 is 0 Å². The van der Waals surface area contributed by atoms with E-state index in [0.717, 1.165) is 0 Å². The summed E-state index contributed by atoms with van der Waals surface area (Å²) in [5.74, 6) is 0. The standard InChI is InChI=1S/B.Cr.H4Si.Ti/h;;1H4;. The van der Waals surface area contributed by atoms with Crippen molar-refractivity contribution in [2.45, 2.75) is 0 Å². The van der Waals surface area contributed by atoms with Crippen molar-refractivity contribution in [1.82, 2.24) is 0 Å². The Hall–Kier alpha value is 1.53. The van der Waals surface area contributed by atoms with Crippen LogP contribution in [0, 0.1) is 0 Å². The van der Waals surface area contributed by atoms with Gasteiger partial charge in [0.25, 0.3) is 0 Å². The Morgan fingerprint density at radius 2 is 1.00 bits per heavy atom. The smallest absolute Gasteiger partial charge is 0 e. The average Bonchev–Trinajstić information content (AvgIpc) is 0. The van der Waals surface area contributed by atoms with Crippen molar-refractivity contribution in [3.05, 3.63) is 0 Å². The van der Waals surface area contributed by atoms with E-state index in [4.69, 9.17) is 0 Å². The van der Waals surface area contributed by atoms with Crippen LogP contribution >= 0.6 is 0 Å². The fourth-order valence-corrected chi connectivity index (χ4v) is 0. The third-order valence-electron chi connectivity index (χ3n) is 0. The Kier molecular flexibility index (Phi) is 293. The van der Waals surface area contributed by atoms with E-state index >= 15 is 0 Å². The number of rotatable bonds is 0. The van der Waals surface area contributed by atoms with E-state index in [-0.39, 0.29) is 58.5 Å². The second-order valence-electron chi connectivity index (χ2n) is 0. The molecule has 0 aliphatic heterocycles. The van der Waals surface area contributed by atoms with Gasteiger partial charge in [-0.05, 0) is 11.0 Å². The summed E-state index contributed by atoms with van der Waals surface area (Å²) in [6.07, 6.45) is 0. The molecule has 0 aromatic rings. The molecule has 0 aliphatic carbocycles. The molecule has 0 amide bonds. The van der Waals surface area contributed by atoms with Crippen molar-refractivity contribution >= 4 is 19.4 Å². The second kappa shape index (κ2) is 24.1. The minimum absolute atomic E-state index is 0. The van der Waals surface area contributed by atoms with E-state index in [1.54, 1.807) is 0 Å². The van der Waals surface area contributed by atoms with Gasteiger partial charge in [-0.25, -0.2) is 0 Å². The van der Waals surface area contributed by atoms with Crippen molar-refractivity contribution in [3.8, 4) is 0 Å². The molecule has 21 valence electrons. The third kappa shape index (κ3) is 9.66. The van der Waals surface area contributed by atoms with Crippen LogP contribution < -0.4 is 0 Å². The molecular formula is H4BCrSiTi. The summed E-state index contributed by atoms with van der Waals surface area (Å²) in [5.41, 5.74) is 0. The molecule has 0 saturated heterocycles. The van der Waals surface area contributed by atoms with Crippen LogP contribution in [0.3, 0.4) is 0 Å². The van der Waals surface area contributed by atoms with Gasteiger partial charge >= 0.3 is 0 Å². The van der Waals surface area contributed by atoms with Crippen LogP contribution in [0.1, 0.15) is 0 Å². The van der Waals surface area contributed by atoms with Gasteiger partial charge in [-0.3, -0.25) is 0 Å². The van der Waals surface area contributed by atoms with Crippen molar-refractivity contribution in [2.75, 3.05) is 0 Å². The van der Waals surface area contributed by atoms with E-state index in [9.17, 15) is 0 Å². The molecule has 4 heavy (non-hydrogen) atoms.